The summed E-state index contributed by atoms with van der Waals surface area (Å²) in [4.78, 5) is 6.65. The summed E-state index contributed by atoms with van der Waals surface area (Å²) in [7, 11) is 0. The molecule has 0 aliphatic carbocycles. The molecule has 1 fully saturated rings. The van der Waals surface area contributed by atoms with Crippen LogP contribution in [0, 0.1) is 0 Å². The molecule has 0 amide bonds. The first-order valence-corrected chi connectivity index (χ1v) is 11.2. The van der Waals surface area contributed by atoms with Crippen molar-refractivity contribution in [3.63, 3.8) is 0 Å². The van der Waals surface area contributed by atoms with Gasteiger partial charge in [0, 0.05) is 13.0 Å². The lowest BCUT2D eigenvalue weighted by Gasteiger charge is -2.23. The Morgan fingerprint density at radius 3 is 2.52 bits per heavy atom. The third-order valence-electron chi connectivity index (χ3n) is 5.67. The minimum absolute atomic E-state index is 0.143. The van der Waals surface area contributed by atoms with E-state index in [0.29, 0.717) is 68.2 Å². The number of benzene rings is 1. The summed E-state index contributed by atoms with van der Waals surface area (Å²) in [6.07, 6.45) is 2.16. The first-order chi connectivity index (χ1) is 14.8. The lowest BCUT2D eigenvalue weighted by atomic mass is 10.0. The van der Waals surface area contributed by atoms with Crippen molar-refractivity contribution in [2.75, 3.05) is 32.8 Å². The second-order valence-corrected chi connectivity index (χ2v) is 8.56. The number of hydrogen-bond acceptors (Lipinski definition) is 6. The standard InChI is InChI=1S/C23H34F2N2O4/c1-23(24,25)10-4-2-3-7-21(28)26-18(16-27-11-5-6-12-27)22(29)17-8-9-19-20(15-17)31-14-13-30-19/h8-9,15,21-22,28-29H,2-7,10-14,16H2,1H3/t21?,22-/m1/s1. The molecule has 174 valence electrons. The number of aliphatic hydroxyl groups is 2. The van der Waals surface area contributed by atoms with Gasteiger partial charge in [-0.2, -0.15) is 0 Å². The van der Waals surface area contributed by atoms with Gasteiger partial charge in [0.2, 0.25) is 5.92 Å². The number of alkyl halides is 2. The van der Waals surface area contributed by atoms with Gasteiger partial charge in [-0.3, -0.25) is 9.89 Å². The Bertz CT molecular complexity index is 733. The largest absolute Gasteiger partial charge is 0.486 e. The second kappa shape index (κ2) is 11.2. The number of aliphatic imine (C=N–C) groups is 1. The second-order valence-electron chi connectivity index (χ2n) is 8.56. The van der Waals surface area contributed by atoms with E-state index in [2.05, 4.69) is 9.89 Å². The molecule has 1 aromatic carbocycles. The van der Waals surface area contributed by atoms with Crippen molar-refractivity contribution in [2.24, 2.45) is 4.99 Å². The number of unbranched alkanes of at least 4 members (excludes halogenated alkanes) is 2. The zero-order chi connectivity index (χ0) is 22.3. The average molecular weight is 441 g/mol. The Balaban J connectivity index is 1.63. The zero-order valence-corrected chi connectivity index (χ0v) is 18.2. The quantitative estimate of drug-likeness (QED) is 0.403. The minimum Gasteiger partial charge on any atom is -0.486 e. The molecule has 8 heteroatoms. The zero-order valence-electron chi connectivity index (χ0n) is 18.2. The molecule has 6 nitrogen and oxygen atoms in total. The van der Waals surface area contributed by atoms with Gasteiger partial charge in [0.1, 0.15) is 25.5 Å². The maximum atomic E-state index is 12.9. The van der Waals surface area contributed by atoms with Crippen molar-refractivity contribution in [2.45, 2.75) is 70.1 Å². The number of likely N-dealkylation sites (tertiary alicyclic amines) is 1. The summed E-state index contributed by atoms with van der Waals surface area (Å²) in [5.41, 5.74) is 1.14. The number of rotatable bonds is 11. The fourth-order valence-corrected chi connectivity index (χ4v) is 3.99. The van der Waals surface area contributed by atoms with Gasteiger partial charge in [-0.05, 0) is 69.8 Å². The van der Waals surface area contributed by atoms with Crippen LogP contribution in [0.3, 0.4) is 0 Å². The van der Waals surface area contributed by atoms with Gasteiger partial charge in [0.05, 0.1) is 5.71 Å². The van der Waals surface area contributed by atoms with Crippen molar-refractivity contribution >= 4 is 5.71 Å². The van der Waals surface area contributed by atoms with Crippen molar-refractivity contribution in [3.05, 3.63) is 23.8 Å². The highest BCUT2D eigenvalue weighted by molar-refractivity contribution is 5.91. The van der Waals surface area contributed by atoms with Gasteiger partial charge < -0.3 is 19.7 Å². The van der Waals surface area contributed by atoms with Crippen molar-refractivity contribution in [1.82, 2.24) is 4.90 Å². The van der Waals surface area contributed by atoms with Gasteiger partial charge in [-0.1, -0.05) is 12.5 Å². The molecule has 1 unspecified atom stereocenters. The molecule has 2 atom stereocenters. The Morgan fingerprint density at radius 2 is 1.81 bits per heavy atom. The minimum atomic E-state index is -2.65. The van der Waals surface area contributed by atoms with E-state index >= 15 is 0 Å². The molecule has 0 aromatic heterocycles. The number of ether oxygens (including phenoxy) is 2. The van der Waals surface area contributed by atoms with Gasteiger partial charge in [0.25, 0.3) is 0 Å². The smallest absolute Gasteiger partial charge is 0.245 e. The summed E-state index contributed by atoms with van der Waals surface area (Å²) in [5, 5.41) is 21.5. The average Bonchev–Trinajstić information content (AvgIpc) is 3.24. The van der Waals surface area contributed by atoms with Gasteiger partial charge in [-0.15, -0.1) is 0 Å². The summed E-state index contributed by atoms with van der Waals surface area (Å²) in [5.74, 6) is -1.40. The highest BCUT2D eigenvalue weighted by Gasteiger charge is 2.24. The Labute approximate surface area is 182 Å². The Hall–Kier alpha value is -1.77. The van der Waals surface area contributed by atoms with E-state index in [4.69, 9.17) is 9.47 Å². The first kappa shape index (κ1) is 23.9. The predicted molar refractivity (Wildman–Crippen MR) is 115 cm³/mol. The molecule has 0 radical (unpaired) electrons. The van der Waals surface area contributed by atoms with Crippen molar-refractivity contribution < 1.29 is 28.5 Å². The first-order valence-electron chi connectivity index (χ1n) is 11.2. The van der Waals surface area contributed by atoms with E-state index in [0.717, 1.165) is 32.9 Å². The molecular formula is C23H34F2N2O4. The number of aliphatic hydroxyl groups excluding tert-OH is 2. The van der Waals surface area contributed by atoms with Crippen LogP contribution in [0.4, 0.5) is 8.78 Å². The van der Waals surface area contributed by atoms with Crippen LogP contribution >= 0.6 is 0 Å². The lowest BCUT2D eigenvalue weighted by molar-refractivity contribution is 0.0102. The molecule has 0 bridgehead atoms. The molecule has 0 spiro atoms. The third-order valence-corrected chi connectivity index (χ3v) is 5.67. The van der Waals surface area contributed by atoms with Crippen LogP contribution in [0.5, 0.6) is 11.5 Å². The van der Waals surface area contributed by atoms with Gasteiger partial charge in [0.15, 0.2) is 11.5 Å². The Morgan fingerprint density at radius 1 is 1.10 bits per heavy atom. The number of hydrogen-bond donors (Lipinski definition) is 2. The predicted octanol–water partition coefficient (Wildman–Crippen LogP) is 3.95. The van der Waals surface area contributed by atoms with E-state index in [1.807, 2.05) is 0 Å². The van der Waals surface area contributed by atoms with Gasteiger partial charge >= 0.3 is 0 Å². The molecule has 1 aromatic rings. The van der Waals surface area contributed by atoms with E-state index in [9.17, 15) is 19.0 Å². The van der Waals surface area contributed by atoms with E-state index in [-0.39, 0.29) is 6.42 Å². The molecule has 2 aliphatic rings. The van der Waals surface area contributed by atoms with Crippen LogP contribution in [0.25, 0.3) is 0 Å². The molecule has 2 N–H and O–H groups in total. The van der Waals surface area contributed by atoms with Crippen molar-refractivity contribution in [3.8, 4) is 11.5 Å². The number of halogens is 2. The summed E-state index contributed by atoms with van der Waals surface area (Å²) in [6, 6.07) is 5.32. The summed E-state index contributed by atoms with van der Waals surface area (Å²) >= 11 is 0. The van der Waals surface area contributed by atoms with Crippen LogP contribution in [0.2, 0.25) is 0 Å². The normalized spacial score (nSPS) is 19.5. The monoisotopic (exact) mass is 440 g/mol. The van der Waals surface area contributed by atoms with Crippen LogP contribution in [-0.4, -0.2) is 65.8 Å². The van der Waals surface area contributed by atoms with E-state index in [1.165, 1.54) is 0 Å². The number of fused-ring (bicyclic) bond motifs is 1. The third kappa shape index (κ3) is 7.70. The fraction of sp³-hybridized carbons (Fsp3) is 0.696. The van der Waals surface area contributed by atoms with Crippen molar-refractivity contribution in [1.29, 1.82) is 0 Å². The molecule has 2 heterocycles. The topological polar surface area (TPSA) is 74.5 Å². The van der Waals surface area contributed by atoms with E-state index < -0.39 is 18.3 Å². The maximum Gasteiger partial charge on any atom is 0.245 e. The highest BCUT2D eigenvalue weighted by Crippen LogP contribution is 2.33. The SMILES string of the molecule is CC(F)(F)CCCCCC(O)N=C(CN1CCCC1)[C@H](O)c1ccc2c(c1)OCCO2. The molecule has 2 aliphatic heterocycles. The fourth-order valence-electron chi connectivity index (χ4n) is 3.99. The lowest BCUT2D eigenvalue weighted by Crippen LogP contribution is -2.31. The van der Waals surface area contributed by atoms with Crippen LogP contribution in [0.1, 0.15) is 63.5 Å². The van der Waals surface area contributed by atoms with Crippen LogP contribution < -0.4 is 9.47 Å². The van der Waals surface area contributed by atoms with Crippen LogP contribution in [0.15, 0.2) is 23.2 Å². The molecule has 1 saturated heterocycles. The summed E-state index contributed by atoms with van der Waals surface area (Å²) in [6.45, 7) is 4.25. The number of nitrogens with zero attached hydrogens (tertiary/aromatic N) is 2. The highest BCUT2D eigenvalue weighted by atomic mass is 19.3. The molecule has 3 rings (SSSR count). The summed E-state index contributed by atoms with van der Waals surface area (Å²) < 4.78 is 37.0. The maximum absolute atomic E-state index is 12.9. The molecule has 31 heavy (non-hydrogen) atoms. The van der Waals surface area contributed by atoms with Crippen LogP contribution in [-0.2, 0) is 0 Å². The van der Waals surface area contributed by atoms with E-state index in [1.54, 1.807) is 18.2 Å². The molecular weight excluding hydrogens is 406 g/mol. The van der Waals surface area contributed by atoms with Gasteiger partial charge in [-0.25, -0.2) is 8.78 Å². The Kier molecular flexibility index (Phi) is 8.63. The molecule has 0 saturated carbocycles.